The Morgan fingerprint density at radius 1 is 1.57 bits per heavy atom. The number of hydrogen-bond acceptors (Lipinski definition) is 3. The lowest BCUT2D eigenvalue weighted by Crippen LogP contribution is -2.01. The van der Waals surface area contributed by atoms with Crippen LogP contribution in [0.2, 0.25) is 0 Å². The quantitative estimate of drug-likeness (QED) is 0.776. The van der Waals surface area contributed by atoms with Crippen LogP contribution in [0.1, 0.15) is 6.92 Å². The van der Waals surface area contributed by atoms with E-state index >= 15 is 0 Å². The molecule has 0 spiro atoms. The Morgan fingerprint density at radius 2 is 2.43 bits per heavy atom. The Balaban J connectivity index is 2.21. The molecule has 0 unspecified atom stereocenters. The third kappa shape index (κ3) is 1.93. The van der Waals surface area contributed by atoms with E-state index in [9.17, 15) is 0 Å². The number of anilines is 1. The van der Waals surface area contributed by atoms with Crippen molar-refractivity contribution in [3.05, 3.63) is 35.9 Å². The molecule has 2 rings (SSSR count). The van der Waals surface area contributed by atoms with Crippen LogP contribution in [0.3, 0.4) is 0 Å². The lowest BCUT2D eigenvalue weighted by molar-refractivity contribution is 1.22. The molecule has 72 valence electrons. The minimum absolute atomic E-state index is 0.815. The summed E-state index contributed by atoms with van der Waals surface area (Å²) in [6, 6.07) is 6.23. The number of benzene rings is 1. The van der Waals surface area contributed by atoms with Crippen molar-refractivity contribution in [3.8, 4) is 0 Å². The normalized spacial score (nSPS) is 10.4. The summed E-state index contributed by atoms with van der Waals surface area (Å²) in [5.41, 5.74) is 5.16. The molecule has 2 aromatic rings. The smallest absolute Gasteiger partial charge is 0.0832 e. The van der Waals surface area contributed by atoms with Gasteiger partial charge in [0.1, 0.15) is 0 Å². The number of rotatable bonds is 3. The van der Waals surface area contributed by atoms with E-state index in [1.165, 1.54) is 4.70 Å². The highest BCUT2D eigenvalue weighted by Gasteiger charge is 1.97. The molecular formula is C11H12N2S. The molecular weight excluding hydrogens is 192 g/mol. The second-order valence-electron chi connectivity index (χ2n) is 3.35. The van der Waals surface area contributed by atoms with Gasteiger partial charge in [0.2, 0.25) is 0 Å². The molecule has 14 heavy (non-hydrogen) atoms. The van der Waals surface area contributed by atoms with Gasteiger partial charge in [-0.25, -0.2) is 4.98 Å². The number of hydrogen-bond donors (Lipinski definition) is 1. The molecule has 2 nitrogen and oxygen atoms in total. The van der Waals surface area contributed by atoms with Crippen LogP contribution in [0.4, 0.5) is 5.69 Å². The summed E-state index contributed by atoms with van der Waals surface area (Å²) in [4.78, 5) is 4.26. The second kappa shape index (κ2) is 3.80. The van der Waals surface area contributed by atoms with E-state index in [1.54, 1.807) is 11.3 Å². The van der Waals surface area contributed by atoms with Crippen molar-refractivity contribution in [1.82, 2.24) is 4.98 Å². The molecule has 1 heterocycles. The standard InChI is InChI=1S/C11H12N2S/c1-8(2)6-12-9-3-4-11-10(5-9)13-7-14-11/h3-5,7,12H,1,6H2,2H3. The maximum atomic E-state index is 4.26. The fourth-order valence-electron chi connectivity index (χ4n) is 1.22. The van der Waals surface area contributed by atoms with Crippen LogP contribution in [0.15, 0.2) is 35.9 Å². The monoisotopic (exact) mass is 204 g/mol. The van der Waals surface area contributed by atoms with Crippen molar-refractivity contribution in [3.63, 3.8) is 0 Å². The SMILES string of the molecule is C=C(C)CNc1ccc2scnc2c1. The van der Waals surface area contributed by atoms with Crippen molar-refractivity contribution in [1.29, 1.82) is 0 Å². The van der Waals surface area contributed by atoms with Crippen LogP contribution >= 0.6 is 11.3 Å². The number of nitrogens with one attached hydrogen (secondary N) is 1. The molecule has 3 heteroatoms. The minimum atomic E-state index is 0.815. The maximum absolute atomic E-state index is 4.26. The molecule has 0 amide bonds. The van der Waals surface area contributed by atoms with E-state index in [4.69, 9.17) is 0 Å². The van der Waals surface area contributed by atoms with Crippen molar-refractivity contribution in [2.24, 2.45) is 0 Å². The van der Waals surface area contributed by atoms with Crippen LogP contribution in [-0.2, 0) is 0 Å². The van der Waals surface area contributed by atoms with Gasteiger partial charge in [-0.1, -0.05) is 12.2 Å². The first-order valence-corrected chi connectivity index (χ1v) is 5.35. The first-order valence-electron chi connectivity index (χ1n) is 4.47. The average molecular weight is 204 g/mol. The molecule has 0 bridgehead atoms. The summed E-state index contributed by atoms with van der Waals surface area (Å²) in [5.74, 6) is 0. The van der Waals surface area contributed by atoms with Gasteiger partial charge < -0.3 is 5.32 Å². The first kappa shape index (κ1) is 9.21. The van der Waals surface area contributed by atoms with Gasteiger partial charge >= 0.3 is 0 Å². The number of fused-ring (bicyclic) bond motifs is 1. The van der Waals surface area contributed by atoms with Gasteiger partial charge in [-0.15, -0.1) is 11.3 Å². The van der Waals surface area contributed by atoms with Crippen molar-refractivity contribution < 1.29 is 0 Å². The van der Waals surface area contributed by atoms with Crippen LogP contribution in [0, 0.1) is 0 Å². The second-order valence-corrected chi connectivity index (χ2v) is 4.23. The number of thiazole rings is 1. The maximum Gasteiger partial charge on any atom is 0.0832 e. The molecule has 0 saturated heterocycles. The van der Waals surface area contributed by atoms with Crippen LogP contribution in [-0.4, -0.2) is 11.5 Å². The van der Waals surface area contributed by atoms with E-state index in [0.29, 0.717) is 0 Å². The van der Waals surface area contributed by atoms with Crippen LogP contribution < -0.4 is 5.32 Å². The van der Waals surface area contributed by atoms with Gasteiger partial charge in [-0.2, -0.15) is 0 Å². The summed E-state index contributed by atoms with van der Waals surface area (Å²) >= 11 is 1.66. The molecule has 0 fully saturated rings. The third-order valence-corrected chi connectivity index (χ3v) is 2.73. The van der Waals surface area contributed by atoms with Gasteiger partial charge in [-0.05, 0) is 25.1 Å². The van der Waals surface area contributed by atoms with Gasteiger partial charge in [0, 0.05) is 12.2 Å². The largest absolute Gasteiger partial charge is 0.381 e. The summed E-state index contributed by atoms with van der Waals surface area (Å²) in [5, 5.41) is 3.29. The summed E-state index contributed by atoms with van der Waals surface area (Å²) < 4.78 is 1.23. The van der Waals surface area contributed by atoms with E-state index in [2.05, 4.69) is 35.1 Å². The van der Waals surface area contributed by atoms with Gasteiger partial charge in [0.15, 0.2) is 0 Å². The number of aromatic nitrogens is 1. The van der Waals surface area contributed by atoms with E-state index in [0.717, 1.165) is 23.3 Å². The fraction of sp³-hybridized carbons (Fsp3) is 0.182. The lowest BCUT2D eigenvalue weighted by atomic mass is 10.3. The fourth-order valence-corrected chi connectivity index (χ4v) is 1.88. The van der Waals surface area contributed by atoms with Crippen molar-refractivity contribution in [2.75, 3.05) is 11.9 Å². The predicted octanol–water partition coefficient (Wildman–Crippen LogP) is 3.28. The summed E-state index contributed by atoms with van der Waals surface area (Å²) in [6.07, 6.45) is 0. The van der Waals surface area contributed by atoms with Crippen molar-refractivity contribution in [2.45, 2.75) is 6.92 Å². The molecule has 1 aromatic carbocycles. The van der Waals surface area contributed by atoms with E-state index < -0.39 is 0 Å². The molecule has 0 aliphatic carbocycles. The molecule has 0 saturated carbocycles. The van der Waals surface area contributed by atoms with Gasteiger partial charge in [-0.3, -0.25) is 0 Å². The summed E-state index contributed by atoms with van der Waals surface area (Å²) in [7, 11) is 0. The third-order valence-electron chi connectivity index (χ3n) is 1.92. The van der Waals surface area contributed by atoms with Crippen molar-refractivity contribution >= 4 is 27.2 Å². The first-order chi connectivity index (χ1) is 6.75. The van der Waals surface area contributed by atoms with Gasteiger partial charge in [0.05, 0.1) is 15.7 Å². The zero-order valence-corrected chi connectivity index (χ0v) is 8.90. The Morgan fingerprint density at radius 3 is 3.21 bits per heavy atom. The Kier molecular flexibility index (Phi) is 2.50. The topological polar surface area (TPSA) is 24.9 Å². The Hall–Kier alpha value is -1.35. The van der Waals surface area contributed by atoms with Crippen LogP contribution in [0.5, 0.6) is 0 Å². The molecule has 1 N–H and O–H groups in total. The summed E-state index contributed by atoms with van der Waals surface area (Å²) in [6.45, 7) is 6.67. The van der Waals surface area contributed by atoms with Gasteiger partial charge in [0.25, 0.3) is 0 Å². The highest BCUT2D eigenvalue weighted by molar-refractivity contribution is 7.16. The highest BCUT2D eigenvalue weighted by atomic mass is 32.1. The Bertz CT molecular complexity index is 459. The zero-order chi connectivity index (χ0) is 9.97. The molecule has 1 aromatic heterocycles. The molecule has 0 aliphatic rings. The zero-order valence-electron chi connectivity index (χ0n) is 8.08. The highest BCUT2D eigenvalue weighted by Crippen LogP contribution is 2.21. The molecule has 0 aliphatic heterocycles. The van der Waals surface area contributed by atoms with E-state index in [-0.39, 0.29) is 0 Å². The van der Waals surface area contributed by atoms with E-state index in [1.807, 2.05) is 12.4 Å². The number of nitrogens with zero attached hydrogens (tertiary/aromatic N) is 1. The predicted molar refractivity (Wildman–Crippen MR) is 62.9 cm³/mol. The minimum Gasteiger partial charge on any atom is -0.381 e. The Labute approximate surface area is 87.3 Å². The lowest BCUT2D eigenvalue weighted by Gasteiger charge is -2.04. The molecule has 0 radical (unpaired) electrons. The average Bonchev–Trinajstić information content (AvgIpc) is 2.61. The molecule has 0 atom stereocenters. The van der Waals surface area contributed by atoms with Crippen LogP contribution in [0.25, 0.3) is 10.2 Å².